The molecule has 4 heterocycles. The molecule has 2 aromatic rings. The van der Waals surface area contributed by atoms with E-state index >= 15 is 0 Å². The van der Waals surface area contributed by atoms with Crippen LogP contribution in [0.5, 0.6) is 0 Å². The van der Waals surface area contributed by atoms with Gasteiger partial charge in [-0.1, -0.05) is 12.1 Å². The van der Waals surface area contributed by atoms with E-state index in [1.54, 1.807) is 12.4 Å². The van der Waals surface area contributed by atoms with E-state index in [1.165, 1.54) is 5.69 Å². The molecule has 3 aliphatic heterocycles. The van der Waals surface area contributed by atoms with Crippen LogP contribution in [0.2, 0.25) is 0 Å². The number of nitrogens with zero attached hydrogens (tertiary/aromatic N) is 4. The van der Waals surface area contributed by atoms with Crippen LogP contribution in [0, 0.1) is 5.92 Å². The average Bonchev–Trinajstić information content (AvgIpc) is 3.28. The molecule has 1 aromatic carbocycles. The van der Waals surface area contributed by atoms with E-state index in [2.05, 4.69) is 55.4 Å². The predicted octanol–water partition coefficient (Wildman–Crippen LogP) is 1.73. The zero-order valence-electron chi connectivity index (χ0n) is 16.5. The van der Waals surface area contributed by atoms with Crippen molar-refractivity contribution in [3.05, 3.63) is 53.6 Å². The Balaban J connectivity index is 1.41. The highest BCUT2D eigenvalue weighted by atomic mass is 16.5. The molecular formula is C22H27N5O2. The van der Waals surface area contributed by atoms with E-state index in [1.807, 2.05) is 0 Å². The second-order valence-corrected chi connectivity index (χ2v) is 7.91. The number of fused-ring (bicyclic) bond motifs is 1. The van der Waals surface area contributed by atoms with Gasteiger partial charge in [-0.05, 0) is 36.1 Å². The quantitative estimate of drug-likeness (QED) is 0.819. The summed E-state index contributed by atoms with van der Waals surface area (Å²) in [7, 11) is 0. The lowest BCUT2D eigenvalue weighted by Crippen LogP contribution is -2.39. The standard InChI is InChI=1S/C22H27N5O2/c28-15-16-5-8-27(14-16)22-21-20(23-6-7-24-21)13-19(25-22)17-1-3-18(4-2-17)26-9-11-29-12-10-26/h1-4,6-7,13,16,22,25,28H,5,8-12,14-15H2/t16-,22?/m1/s1. The van der Waals surface area contributed by atoms with Crippen LogP contribution in [-0.2, 0) is 4.74 Å². The van der Waals surface area contributed by atoms with Crippen molar-refractivity contribution in [1.29, 1.82) is 0 Å². The summed E-state index contributed by atoms with van der Waals surface area (Å²) in [6.07, 6.45) is 6.58. The number of aromatic nitrogens is 2. The molecule has 29 heavy (non-hydrogen) atoms. The predicted molar refractivity (Wildman–Crippen MR) is 112 cm³/mol. The Labute approximate surface area is 171 Å². The van der Waals surface area contributed by atoms with E-state index < -0.39 is 0 Å². The third kappa shape index (κ3) is 3.73. The number of anilines is 1. The number of likely N-dealkylation sites (tertiary alicyclic amines) is 1. The summed E-state index contributed by atoms with van der Waals surface area (Å²) >= 11 is 0. The number of benzene rings is 1. The Morgan fingerprint density at radius 3 is 2.62 bits per heavy atom. The van der Waals surface area contributed by atoms with Gasteiger partial charge in [0.2, 0.25) is 0 Å². The smallest absolute Gasteiger partial charge is 0.125 e. The summed E-state index contributed by atoms with van der Waals surface area (Å²) in [5, 5.41) is 13.2. The highest BCUT2D eigenvalue weighted by Crippen LogP contribution is 2.33. The minimum atomic E-state index is -0.0193. The maximum Gasteiger partial charge on any atom is 0.125 e. The number of morpholine rings is 1. The Morgan fingerprint density at radius 1 is 1.07 bits per heavy atom. The lowest BCUT2D eigenvalue weighted by Gasteiger charge is -2.33. The molecule has 2 saturated heterocycles. The molecule has 152 valence electrons. The highest BCUT2D eigenvalue weighted by molar-refractivity contribution is 5.82. The van der Waals surface area contributed by atoms with Crippen LogP contribution >= 0.6 is 0 Å². The van der Waals surface area contributed by atoms with Gasteiger partial charge in [-0.2, -0.15) is 0 Å². The van der Waals surface area contributed by atoms with Crippen LogP contribution in [0.1, 0.15) is 29.5 Å². The van der Waals surface area contributed by atoms with Gasteiger partial charge < -0.3 is 20.1 Å². The number of nitrogens with one attached hydrogen (secondary N) is 1. The molecule has 2 fully saturated rings. The fourth-order valence-corrected chi connectivity index (χ4v) is 4.43. The van der Waals surface area contributed by atoms with E-state index in [-0.39, 0.29) is 12.8 Å². The third-order valence-electron chi connectivity index (χ3n) is 6.08. The van der Waals surface area contributed by atoms with Gasteiger partial charge in [0.1, 0.15) is 11.9 Å². The molecule has 1 aromatic heterocycles. The first kappa shape index (κ1) is 18.5. The summed E-state index contributed by atoms with van der Waals surface area (Å²) in [6, 6.07) is 8.70. The average molecular weight is 393 g/mol. The number of aliphatic hydroxyl groups is 1. The summed E-state index contributed by atoms with van der Waals surface area (Å²) in [5.74, 6) is 0.332. The van der Waals surface area contributed by atoms with Gasteiger partial charge in [0, 0.05) is 56.6 Å². The van der Waals surface area contributed by atoms with Gasteiger partial charge in [-0.15, -0.1) is 0 Å². The van der Waals surface area contributed by atoms with Crippen molar-refractivity contribution in [2.24, 2.45) is 5.92 Å². The Bertz CT molecular complexity index is 879. The Kier molecular flexibility index (Phi) is 5.18. The molecule has 5 rings (SSSR count). The van der Waals surface area contributed by atoms with Gasteiger partial charge in [0.25, 0.3) is 0 Å². The van der Waals surface area contributed by atoms with Crippen molar-refractivity contribution in [3.63, 3.8) is 0 Å². The number of hydrogen-bond donors (Lipinski definition) is 2. The van der Waals surface area contributed by atoms with Gasteiger partial charge >= 0.3 is 0 Å². The van der Waals surface area contributed by atoms with E-state index in [4.69, 9.17) is 4.74 Å². The summed E-state index contributed by atoms with van der Waals surface area (Å²) < 4.78 is 5.46. The van der Waals surface area contributed by atoms with Gasteiger partial charge in [0.15, 0.2) is 0 Å². The monoisotopic (exact) mass is 393 g/mol. The SMILES string of the molecule is OC[C@@H]1CCN(C2NC(c3ccc(N4CCOCC4)cc3)=Cc3nccnc32)C1. The molecule has 3 aliphatic rings. The maximum absolute atomic E-state index is 9.54. The molecule has 7 heteroatoms. The van der Waals surface area contributed by atoms with Gasteiger partial charge in [-0.25, -0.2) is 0 Å². The van der Waals surface area contributed by atoms with Crippen molar-refractivity contribution in [2.45, 2.75) is 12.6 Å². The van der Waals surface area contributed by atoms with Crippen molar-refractivity contribution in [2.75, 3.05) is 50.9 Å². The van der Waals surface area contributed by atoms with Crippen molar-refractivity contribution < 1.29 is 9.84 Å². The minimum Gasteiger partial charge on any atom is -0.396 e. The zero-order chi connectivity index (χ0) is 19.6. The molecule has 0 saturated carbocycles. The van der Waals surface area contributed by atoms with Crippen LogP contribution < -0.4 is 10.2 Å². The molecule has 0 amide bonds. The molecule has 0 aliphatic carbocycles. The topological polar surface area (TPSA) is 73.8 Å². The molecule has 2 N–H and O–H groups in total. The van der Waals surface area contributed by atoms with E-state index in [9.17, 15) is 5.11 Å². The fourth-order valence-electron chi connectivity index (χ4n) is 4.43. The Morgan fingerprint density at radius 2 is 1.86 bits per heavy atom. The van der Waals surface area contributed by atoms with Crippen LogP contribution in [0.4, 0.5) is 5.69 Å². The van der Waals surface area contributed by atoms with Gasteiger partial charge in [0.05, 0.1) is 18.9 Å². The van der Waals surface area contributed by atoms with Crippen molar-refractivity contribution in [3.8, 4) is 0 Å². The second-order valence-electron chi connectivity index (χ2n) is 7.91. The van der Waals surface area contributed by atoms with Crippen molar-refractivity contribution in [1.82, 2.24) is 20.2 Å². The molecule has 2 atom stereocenters. The first-order valence-electron chi connectivity index (χ1n) is 10.4. The summed E-state index contributed by atoms with van der Waals surface area (Å²) in [6.45, 7) is 5.50. The number of hydrogen-bond acceptors (Lipinski definition) is 7. The lowest BCUT2D eigenvalue weighted by atomic mass is 10.0. The molecule has 1 unspecified atom stereocenters. The molecule has 7 nitrogen and oxygen atoms in total. The molecule has 0 radical (unpaired) electrons. The van der Waals surface area contributed by atoms with Crippen molar-refractivity contribution >= 4 is 17.5 Å². The van der Waals surface area contributed by atoms with Crippen LogP contribution in [0.3, 0.4) is 0 Å². The van der Waals surface area contributed by atoms with Gasteiger partial charge in [-0.3, -0.25) is 14.9 Å². The summed E-state index contributed by atoms with van der Waals surface area (Å²) in [5.41, 5.74) is 5.30. The number of rotatable bonds is 4. The zero-order valence-corrected chi connectivity index (χ0v) is 16.5. The molecular weight excluding hydrogens is 366 g/mol. The Hall–Kier alpha value is -2.48. The largest absolute Gasteiger partial charge is 0.396 e. The number of ether oxygens (including phenoxy) is 1. The first-order valence-corrected chi connectivity index (χ1v) is 10.4. The molecule has 0 spiro atoms. The van der Waals surface area contributed by atoms with Crippen LogP contribution in [0.15, 0.2) is 36.7 Å². The molecule has 0 bridgehead atoms. The number of aliphatic hydroxyl groups excluding tert-OH is 1. The fraction of sp³-hybridized carbons (Fsp3) is 0.455. The van der Waals surface area contributed by atoms with Crippen LogP contribution in [-0.4, -0.2) is 66.0 Å². The third-order valence-corrected chi connectivity index (χ3v) is 6.08. The highest BCUT2D eigenvalue weighted by Gasteiger charge is 2.33. The second kappa shape index (κ2) is 8.10. The van der Waals surface area contributed by atoms with E-state index in [0.717, 1.165) is 68.5 Å². The summed E-state index contributed by atoms with van der Waals surface area (Å²) in [4.78, 5) is 13.9. The first-order chi connectivity index (χ1) is 14.3. The lowest BCUT2D eigenvalue weighted by molar-refractivity contribution is 0.122. The minimum absolute atomic E-state index is 0.0193. The maximum atomic E-state index is 9.54. The van der Waals surface area contributed by atoms with E-state index in [0.29, 0.717) is 5.92 Å². The normalized spacial score (nSPS) is 24.7. The van der Waals surface area contributed by atoms with Crippen LogP contribution in [0.25, 0.3) is 11.8 Å².